The van der Waals surface area contributed by atoms with Crippen molar-refractivity contribution in [1.82, 2.24) is 0 Å². The van der Waals surface area contributed by atoms with Gasteiger partial charge < -0.3 is 0 Å². The minimum absolute atomic E-state index is 0.0464. The normalized spacial score (nSPS) is 15.1. The topological polar surface area (TPSA) is 66.6 Å². The third kappa shape index (κ3) is 5.71. The molecule has 0 saturated carbocycles. The fourth-order valence-electron chi connectivity index (χ4n) is 4.72. The molecule has 0 saturated heterocycles. The summed E-state index contributed by atoms with van der Waals surface area (Å²) in [4.78, 5) is 0. The van der Waals surface area contributed by atoms with Gasteiger partial charge >= 0.3 is 10.4 Å². The minimum atomic E-state index is -4.41. The van der Waals surface area contributed by atoms with Gasteiger partial charge in [0.1, 0.15) is 6.54 Å². The predicted octanol–water partition coefficient (Wildman–Crippen LogP) is 4.06. The summed E-state index contributed by atoms with van der Waals surface area (Å²) in [5, 5.41) is 0. The third-order valence-electron chi connectivity index (χ3n) is 5.95. The molecule has 6 heteroatoms. The number of hydrogen-bond donors (Lipinski definition) is 1. The zero-order valence-electron chi connectivity index (χ0n) is 17.9. The van der Waals surface area contributed by atoms with Gasteiger partial charge in [0.15, 0.2) is 12.8 Å². The molecule has 3 aromatic rings. The van der Waals surface area contributed by atoms with Gasteiger partial charge in [0.25, 0.3) is 0 Å². The van der Waals surface area contributed by atoms with E-state index in [-0.39, 0.29) is 12.0 Å². The fourth-order valence-corrected chi connectivity index (χ4v) is 5.05. The molecule has 0 unspecified atom stereocenters. The summed E-state index contributed by atoms with van der Waals surface area (Å²) < 4.78 is 37.3. The second-order valence-corrected chi connectivity index (χ2v) is 9.49. The van der Waals surface area contributed by atoms with E-state index in [1.807, 2.05) is 12.1 Å². The van der Waals surface area contributed by atoms with E-state index in [0.717, 1.165) is 19.4 Å². The van der Waals surface area contributed by atoms with E-state index < -0.39 is 10.4 Å². The molecule has 32 heavy (non-hydrogen) atoms. The monoisotopic (exact) mass is 450 g/mol. The lowest BCUT2D eigenvalue weighted by Gasteiger charge is -2.36. The van der Waals surface area contributed by atoms with Crippen LogP contribution in [0.4, 0.5) is 0 Å². The molecular weight excluding hydrogens is 422 g/mol. The first-order valence-electron chi connectivity index (χ1n) is 10.8. The van der Waals surface area contributed by atoms with Crippen molar-refractivity contribution >= 4 is 16.6 Å². The van der Waals surface area contributed by atoms with Crippen LogP contribution in [0.25, 0.3) is 0 Å². The molecule has 0 atom stereocenters. The smallest absolute Gasteiger partial charge is 0.264 e. The Hall–Kier alpha value is -2.80. The van der Waals surface area contributed by atoms with Crippen molar-refractivity contribution in [2.45, 2.75) is 24.7 Å². The highest BCUT2D eigenvalue weighted by atomic mass is 32.3. The minimum Gasteiger partial charge on any atom is -0.264 e. The van der Waals surface area contributed by atoms with E-state index in [1.165, 1.54) is 22.3 Å². The lowest BCUT2D eigenvalue weighted by atomic mass is 9.68. The molecule has 1 heterocycles. The molecular formula is C26H28NO4S+. The van der Waals surface area contributed by atoms with Crippen molar-refractivity contribution in [2.75, 3.05) is 19.7 Å². The Balaban J connectivity index is 1.68. The summed E-state index contributed by atoms with van der Waals surface area (Å²) in [6, 6.07) is 29.6. The molecule has 166 valence electrons. The van der Waals surface area contributed by atoms with Gasteiger partial charge in [-0.05, 0) is 35.6 Å². The van der Waals surface area contributed by atoms with Crippen LogP contribution in [0.1, 0.15) is 28.7 Å². The van der Waals surface area contributed by atoms with Gasteiger partial charge in [0.05, 0.1) is 12.0 Å². The van der Waals surface area contributed by atoms with Crippen LogP contribution in [0.3, 0.4) is 0 Å². The van der Waals surface area contributed by atoms with Crippen LogP contribution in [-0.2, 0) is 32.8 Å². The number of nitrogens with zero attached hydrogens (tertiary/aromatic N) is 1. The molecule has 0 aliphatic carbocycles. The second-order valence-electron chi connectivity index (χ2n) is 8.40. The van der Waals surface area contributed by atoms with Gasteiger partial charge in [-0.2, -0.15) is 8.42 Å². The Bertz CT molecular complexity index is 1130. The lowest BCUT2D eigenvalue weighted by Crippen LogP contribution is -2.45. The molecule has 1 N–H and O–H groups in total. The quantitative estimate of drug-likeness (QED) is 0.303. The van der Waals surface area contributed by atoms with Crippen LogP contribution in [0.5, 0.6) is 0 Å². The molecule has 0 radical (unpaired) electrons. The maximum absolute atomic E-state index is 10.9. The molecule has 0 spiro atoms. The molecule has 1 aliphatic heterocycles. The molecule has 1 aliphatic rings. The van der Waals surface area contributed by atoms with Crippen LogP contribution in [0.2, 0.25) is 0 Å². The number of hydrogen-bond acceptors (Lipinski definition) is 3. The number of fused-ring (bicyclic) bond motifs is 1. The van der Waals surface area contributed by atoms with E-state index in [1.54, 1.807) is 0 Å². The molecule has 0 aromatic heterocycles. The zero-order chi connectivity index (χ0) is 22.4. The predicted molar refractivity (Wildman–Crippen MR) is 126 cm³/mol. The van der Waals surface area contributed by atoms with Crippen LogP contribution in [0, 0.1) is 0 Å². The van der Waals surface area contributed by atoms with Crippen molar-refractivity contribution in [2.24, 2.45) is 0 Å². The first-order valence-corrected chi connectivity index (χ1v) is 12.2. The van der Waals surface area contributed by atoms with E-state index in [0.29, 0.717) is 13.0 Å². The van der Waals surface area contributed by atoms with Crippen LogP contribution >= 0.6 is 0 Å². The van der Waals surface area contributed by atoms with Gasteiger partial charge in [-0.3, -0.25) is 4.55 Å². The lowest BCUT2D eigenvalue weighted by molar-refractivity contribution is -0.535. The number of benzene rings is 3. The highest BCUT2D eigenvalue weighted by Gasteiger charge is 2.41. The van der Waals surface area contributed by atoms with E-state index >= 15 is 0 Å². The Morgan fingerprint density at radius 2 is 1.41 bits per heavy atom. The highest BCUT2D eigenvalue weighted by molar-refractivity contribution is 7.80. The Morgan fingerprint density at radius 3 is 2.00 bits per heavy atom. The molecule has 4 rings (SSSR count). The second kappa shape index (κ2) is 9.77. The SMILES string of the molecule is O=S(=O)(O)OCCC[N+]1=Cc2ccccc2C(Cc2ccccc2)(Cc2ccccc2)C1. The van der Waals surface area contributed by atoms with Crippen LogP contribution < -0.4 is 0 Å². The molecule has 0 fully saturated rings. The maximum atomic E-state index is 10.9. The average molecular weight is 451 g/mol. The van der Waals surface area contributed by atoms with E-state index in [9.17, 15) is 8.42 Å². The van der Waals surface area contributed by atoms with Crippen molar-refractivity contribution < 1.29 is 21.7 Å². The van der Waals surface area contributed by atoms with E-state index in [2.05, 4.69) is 87.8 Å². The molecule has 3 aromatic carbocycles. The first-order chi connectivity index (χ1) is 15.4. The standard InChI is InChI=1S/C26H27NO4S/c28-32(29,30)31-17-9-16-27-20-24-14-7-8-15-25(24)26(21-27,18-22-10-3-1-4-11-22)19-23-12-5-2-6-13-23/h1-8,10-15,20H,9,16-19,21H2/p+1. The third-order valence-corrected chi connectivity index (χ3v) is 6.42. The summed E-state index contributed by atoms with van der Waals surface area (Å²) in [7, 11) is -4.41. The fraction of sp³-hybridized carbons (Fsp3) is 0.269. The Labute approximate surface area is 190 Å². The van der Waals surface area contributed by atoms with Gasteiger partial charge in [0.2, 0.25) is 0 Å². The summed E-state index contributed by atoms with van der Waals surface area (Å²) in [5.74, 6) is 0. The summed E-state index contributed by atoms with van der Waals surface area (Å²) >= 11 is 0. The van der Waals surface area contributed by atoms with Crippen molar-refractivity contribution in [3.63, 3.8) is 0 Å². The van der Waals surface area contributed by atoms with Crippen molar-refractivity contribution in [3.05, 3.63) is 107 Å². The molecule has 0 bridgehead atoms. The molecule has 0 amide bonds. The van der Waals surface area contributed by atoms with Crippen molar-refractivity contribution in [3.8, 4) is 0 Å². The van der Waals surface area contributed by atoms with Crippen LogP contribution in [-0.4, -0.2) is 43.5 Å². The largest absolute Gasteiger partial charge is 0.397 e. The zero-order valence-corrected chi connectivity index (χ0v) is 18.7. The van der Waals surface area contributed by atoms with Gasteiger partial charge in [-0.1, -0.05) is 78.9 Å². The average Bonchev–Trinajstić information content (AvgIpc) is 2.78. The van der Waals surface area contributed by atoms with Gasteiger partial charge in [-0.25, -0.2) is 8.76 Å². The summed E-state index contributed by atoms with van der Waals surface area (Å²) in [6.45, 7) is 1.39. The molecule has 5 nitrogen and oxygen atoms in total. The Kier molecular flexibility index (Phi) is 6.84. The Morgan fingerprint density at radius 1 is 0.844 bits per heavy atom. The van der Waals surface area contributed by atoms with Gasteiger partial charge in [0, 0.05) is 12.0 Å². The number of rotatable bonds is 9. The van der Waals surface area contributed by atoms with Crippen molar-refractivity contribution in [1.29, 1.82) is 0 Å². The summed E-state index contributed by atoms with van der Waals surface area (Å²) in [5.41, 5.74) is 4.95. The summed E-state index contributed by atoms with van der Waals surface area (Å²) in [6.07, 6.45) is 4.43. The van der Waals surface area contributed by atoms with Crippen LogP contribution in [0.15, 0.2) is 84.9 Å². The first kappa shape index (κ1) is 22.4. The van der Waals surface area contributed by atoms with Gasteiger partial charge in [-0.15, -0.1) is 0 Å². The van der Waals surface area contributed by atoms with E-state index in [4.69, 9.17) is 4.55 Å². The highest BCUT2D eigenvalue weighted by Crippen LogP contribution is 2.37. The maximum Gasteiger partial charge on any atom is 0.397 e.